The minimum Gasteiger partial charge on any atom is -0.495 e. The summed E-state index contributed by atoms with van der Waals surface area (Å²) in [6, 6.07) is 9.93. The Balaban J connectivity index is 2.54. The molecule has 0 aliphatic rings. The van der Waals surface area contributed by atoms with Crippen molar-refractivity contribution < 1.29 is 14.3 Å². The Morgan fingerprint density at radius 1 is 1.04 bits per heavy atom. The number of carbonyl (C=O) groups excluding carboxylic acids is 1. The minimum absolute atomic E-state index is 0.0893. The van der Waals surface area contributed by atoms with E-state index >= 15 is 0 Å². The van der Waals surface area contributed by atoms with E-state index < -0.39 is 0 Å². The van der Waals surface area contributed by atoms with Crippen LogP contribution >= 0.6 is 31.9 Å². The number of benzene rings is 2. The van der Waals surface area contributed by atoms with Gasteiger partial charge in [-0.15, -0.1) is 0 Å². The van der Waals surface area contributed by atoms with Gasteiger partial charge in [0.25, 0.3) is 0 Å². The summed E-state index contributed by atoms with van der Waals surface area (Å²) in [5.74, 6) is 0.987. The van der Waals surface area contributed by atoms with Crippen LogP contribution in [0.25, 0.3) is 22.0 Å². The second-order valence-corrected chi connectivity index (χ2v) is 6.83. The van der Waals surface area contributed by atoms with E-state index in [4.69, 9.17) is 9.47 Å². The molecule has 0 amide bonds. The predicted octanol–water partition coefficient (Wildman–Crippen LogP) is 5.58. The van der Waals surface area contributed by atoms with Crippen LogP contribution in [-0.4, -0.2) is 25.0 Å². The van der Waals surface area contributed by atoms with Crippen LogP contribution in [0.4, 0.5) is 0 Å². The van der Waals surface area contributed by atoms with Crippen molar-refractivity contribution in [1.82, 2.24) is 4.98 Å². The van der Waals surface area contributed by atoms with Crippen LogP contribution in [0.3, 0.4) is 0 Å². The second-order valence-electron chi connectivity index (χ2n) is 5.24. The first-order valence-corrected chi connectivity index (χ1v) is 8.80. The summed E-state index contributed by atoms with van der Waals surface area (Å²) in [6.45, 7) is 1.52. The summed E-state index contributed by atoms with van der Waals surface area (Å²) in [6.07, 6.45) is 0. The first-order valence-electron chi connectivity index (χ1n) is 7.22. The fourth-order valence-electron chi connectivity index (χ4n) is 2.92. The molecule has 124 valence electrons. The van der Waals surface area contributed by atoms with Crippen molar-refractivity contribution in [3.05, 3.63) is 45.0 Å². The van der Waals surface area contributed by atoms with Gasteiger partial charge in [0.05, 0.1) is 35.3 Å². The molecule has 1 N–H and O–H groups in total. The van der Waals surface area contributed by atoms with E-state index in [1.165, 1.54) is 14.0 Å². The lowest BCUT2D eigenvalue weighted by Gasteiger charge is -2.15. The van der Waals surface area contributed by atoms with Crippen LogP contribution in [0.2, 0.25) is 0 Å². The monoisotopic (exact) mass is 451 g/mol. The number of ether oxygens (including phenoxy) is 2. The molecule has 3 aromatic rings. The Morgan fingerprint density at radius 2 is 1.67 bits per heavy atom. The number of aromatic amines is 1. The number of methoxy groups -OCH3 is 2. The zero-order chi connectivity index (χ0) is 17.4. The molecule has 24 heavy (non-hydrogen) atoms. The van der Waals surface area contributed by atoms with Gasteiger partial charge in [-0.25, -0.2) is 0 Å². The van der Waals surface area contributed by atoms with Gasteiger partial charge in [-0.3, -0.25) is 4.79 Å². The van der Waals surface area contributed by atoms with Crippen molar-refractivity contribution in [3.63, 3.8) is 0 Å². The largest absolute Gasteiger partial charge is 0.495 e. The van der Waals surface area contributed by atoms with E-state index in [1.807, 2.05) is 30.3 Å². The first-order chi connectivity index (χ1) is 11.5. The Morgan fingerprint density at radius 3 is 2.21 bits per heavy atom. The number of rotatable bonds is 4. The maximum atomic E-state index is 12.3. The normalized spacial score (nSPS) is 10.9. The van der Waals surface area contributed by atoms with Crippen LogP contribution in [0.1, 0.15) is 17.3 Å². The molecule has 0 atom stereocenters. The van der Waals surface area contributed by atoms with Crippen molar-refractivity contribution in [2.24, 2.45) is 0 Å². The summed E-state index contributed by atoms with van der Waals surface area (Å²) in [5.41, 5.74) is 3.13. The van der Waals surface area contributed by atoms with Gasteiger partial charge in [0.1, 0.15) is 16.0 Å². The second kappa shape index (κ2) is 6.61. The molecule has 0 fully saturated rings. The fraction of sp³-hybridized carbons (Fsp3) is 0.167. The number of aromatic nitrogens is 1. The lowest BCUT2D eigenvalue weighted by Crippen LogP contribution is -2.02. The maximum absolute atomic E-state index is 12.3. The third-order valence-corrected chi connectivity index (χ3v) is 5.19. The highest BCUT2D eigenvalue weighted by Crippen LogP contribution is 2.49. The van der Waals surface area contributed by atoms with E-state index in [0.717, 1.165) is 21.1 Å². The third kappa shape index (κ3) is 2.54. The third-order valence-electron chi connectivity index (χ3n) is 3.88. The number of ketones is 1. The minimum atomic E-state index is -0.0893. The molecular weight excluding hydrogens is 438 g/mol. The number of fused-ring (bicyclic) bond motifs is 1. The van der Waals surface area contributed by atoms with Crippen LogP contribution in [0.15, 0.2) is 39.4 Å². The molecule has 0 saturated heterocycles. The average Bonchev–Trinajstić information content (AvgIpc) is 2.90. The predicted molar refractivity (Wildman–Crippen MR) is 102 cm³/mol. The fourth-order valence-corrected chi connectivity index (χ4v) is 4.26. The van der Waals surface area contributed by atoms with Crippen molar-refractivity contribution >= 4 is 48.5 Å². The van der Waals surface area contributed by atoms with E-state index in [2.05, 4.69) is 36.8 Å². The molecule has 0 aliphatic heterocycles. The van der Waals surface area contributed by atoms with Crippen molar-refractivity contribution in [2.75, 3.05) is 14.2 Å². The molecule has 0 bridgehead atoms. The standard InChI is InChI=1S/C18H15Br2NO3/c1-9(22)11-15-13(17(24-3)14(19)16(11)23-2)12(18(20)21-15)10-7-5-4-6-8-10/h4-8,21H,1-3H3. The SMILES string of the molecule is COc1c(Br)c(OC)c2c(-c3ccccc3)c(Br)[nH]c2c1C(C)=O. The van der Waals surface area contributed by atoms with Crippen LogP contribution in [0, 0.1) is 0 Å². The van der Waals surface area contributed by atoms with Crippen LogP contribution < -0.4 is 9.47 Å². The summed E-state index contributed by atoms with van der Waals surface area (Å²) in [7, 11) is 3.13. The summed E-state index contributed by atoms with van der Waals surface area (Å²) in [4.78, 5) is 15.5. The van der Waals surface area contributed by atoms with Gasteiger partial charge >= 0.3 is 0 Å². The van der Waals surface area contributed by atoms with Gasteiger partial charge < -0.3 is 14.5 Å². The molecule has 6 heteroatoms. The van der Waals surface area contributed by atoms with Gasteiger partial charge in [-0.2, -0.15) is 0 Å². The van der Waals surface area contributed by atoms with Crippen LogP contribution in [0.5, 0.6) is 11.5 Å². The molecule has 0 aliphatic carbocycles. The number of hydrogen-bond donors (Lipinski definition) is 1. The lowest BCUT2D eigenvalue weighted by molar-refractivity contribution is 0.101. The van der Waals surface area contributed by atoms with Crippen molar-refractivity contribution in [3.8, 4) is 22.6 Å². The molecular formula is C18H15Br2NO3. The average molecular weight is 453 g/mol. The zero-order valence-electron chi connectivity index (χ0n) is 13.4. The number of H-pyrrole nitrogens is 1. The maximum Gasteiger partial charge on any atom is 0.165 e. The molecule has 0 saturated carbocycles. The number of halogens is 2. The van der Waals surface area contributed by atoms with Crippen molar-refractivity contribution in [1.29, 1.82) is 0 Å². The van der Waals surface area contributed by atoms with Gasteiger partial charge in [-0.1, -0.05) is 30.3 Å². The molecule has 0 radical (unpaired) electrons. The Hall–Kier alpha value is -1.79. The summed E-state index contributed by atoms with van der Waals surface area (Å²) >= 11 is 7.11. The first kappa shape index (κ1) is 17.0. The molecule has 0 spiro atoms. The molecule has 4 nitrogen and oxygen atoms in total. The highest BCUT2D eigenvalue weighted by atomic mass is 79.9. The summed E-state index contributed by atoms with van der Waals surface area (Å²) in [5, 5.41) is 0.827. The van der Waals surface area contributed by atoms with Crippen molar-refractivity contribution in [2.45, 2.75) is 6.92 Å². The molecule has 0 unspecified atom stereocenters. The highest BCUT2D eigenvalue weighted by molar-refractivity contribution is 9.11. The van der Waals surface area contributed by atoms with E-state index in [1.54, 1.807) is 7.11 Å². The Labute approximate surface area is 156 Å². The number of hydrogen-bond acceptors (Lipinski definition) is 3. The number of nitrogens with one attached hydrogen (secondary N) is 1. The number of Topliss-reactive ketones (excluding diaryl/α,β-unsaturated/α-hetero) is 1. The molecule has 2 aromatic carbocycles. The van der Waals surface area contributed by atoms with Gasteiger partial charge in [0.15, 0.2) is 5.78 Å². The van der Waals surface area contributed by atoms with Crippen LogP contribution in [-0.2, 0) is 0 Å². The van der Waals surface area contributed by atoms with Gasteiger partial charge in [0, 0.05) is 5.56 Å². The lowest BCUT2D eigenvalue weighted by atomic mass is 10.00. The highest BCUT2D eigenvalue weighted by Gasteiger charge is 2.27. The van der Waals surface area contributed by atoms with E-state index in [0.29, 0.717) is 27.1 Å². The molecule has 1 aromatic heterocycles. The topological polar surface area (TPSA) is 51.3 Å². The zero-order valence-corrected chi connectivity index (χ0v) is 16.5. The van der Waals surface area contributed by atoms with Gasteiger partial charge in [0.2, 0.25) is 0 Å². The quantitative estimate of drug-likeness (QED) is 0.525. The smallest absolute Gasteiger partial charge is 0.165 e. The number of carbonyl (C=O) groups is 1. The summed E-state index contributed by atoms with van der Waals surface area (Å²) < 4.78 is 12.5. The van der Waals surface area contributed by atoms with Gasteiger partial charge in [-0.05, 0) is 44.3 Å². The molecule has 1 heterocycles. The van der Waals surface area contributed by atoms with E-state index in [9.17, 15) is 4.79 Å². The van der Waals surface area contributed by atoms with E-state index in [-0.39, 0.29) is 5.78 Å². The molecule has 3 rings (SSSR count). The Bertz CT molecular complexity index is 933. The Kier molecular flexibility index (Phi) is 4.69.